The third-order valence-electron chi connectivity index (χ3n) is 3.89. The number of aromatic hydroxyl groups is 1. The van der Waals surface area contributed by atoms with Gasteiger partial charge in [-0.25, -0.2) is 0 Å². The molecule has 1 saturated heterocycles. The van der Waals surface area contributed by atoms with Crippen molar-refractivity contribution in [3.05, 3.63) is 28.8 Å². The molecular weight excluding hydrogens is 272 g/mol. The van der Waals surface area contributed by atoms with E-state index in [0.29, 0.717) is 22.7 Å². The molecule has 1 fully saturated rings. The number of piperidine rings is 1. The van der Waals surface area contributed by atoms with Crippen molar-refractivity contribution in [2.75, 3.05) is 19.6 Å². The number of rotatable bonds is 5. The number of benzene rings is 1. The monoisotopic (exact) mass is 296 g/mol. The van der Waals surface area contributed by atoms with E-state index in [9.17, 15) is 5.11 Å². The van der Waals surface area contributed by atoms with E-state index in [2.05, 4.69) is 24.1 Å². The Balaban J connectivity index is 1.92. The molecule has 2 N–H and O–H groups in total. The zero-order chi connectivity index (χ0) is 14.5. The highest BCUT2D eigenvalue weighted by Gasteiger charge is 2.21. The van der Waals surface area contributed by atoms with E-state index in [1.807, 2.05) is 6.07 Å². The van der Waals surface area contributed by atoms with Gasteiger partial charge in [0.05, 0.1) is 0 Å². The lowest BCUT2D eigenvalue weighted by Gasteiger charge is -2.33. The quantitative estimate of drug-likeness (QED) is 0.875. The number of phenolic OH excluding ortho intramolecular Hbond substituents is 1. The fourth-order valence-corrected chi connectivity index (χ4v) is 3.02. The van der Waals surface area contributed by atoms with Crippen molar-refractivity contribution in [3.8, 4) is 5.75 Å². The Morgan fingerprint density at radius 1 is 1.45 bits per heavy atom. The van der Waals surface area contributed by atoms with Gasteiger partial charge in [-0.05, 0) is 44.0 Å². The first kappa shape index (κ1) is 15.6. The molecule has 3 nitrogen and oxygen atoms in total. The Hall–Kier alpha value is -0.770. The van der Waals surface area contributed by atoms with Crippen LogP contribution in [0.25, 0.3) is 0 Å². The second kappa shape index (κ2) is 7.30. The van der Waals surface area contributed by atoms with Crippen molar-refractivity contribution < 1.29 is 5.11 Å². The predicted molar refractivity (Wildman–Crippen MR) is 84.3 cm³/mol. The van der Waals surface area contributed by atoms with Crippen LogP contribution in [0.3, 0.4) is 0 Å². The standard InChI is InChI=1S/C16H25ClN2O/c1-12(2)18-9-13-5-4-8-19(10-13)11-14-15(17)6-3-7-16(14)20/h3,6-7,12-13,18,20H,4-5,8-11H2,1-2H3. The molecule has 0 aromatic heterocycles. The van der Waals surface area contributed by atoms with Crippen LogP contribution < -0.4 is 5.32 Å². The molecule has 0 saturated carbocycles. The molecule has 1 aliphatic rings. The fourth-order valence-electron chi connectivity index (χ4n) is 2.79. The highest BCUT2D eigenvalue weighted by molar-refractivity contribution is 6.31. The highest BCUT2D eigenvalue weighted by Crippen LogP contribution is 2.28. The Bertz CT molecular complexity index is 416. The summed E-state index contributed by atoms with van der Waals surface area (Å²) in [6, 6.07) is 5.88. The molecule has 1 atom stereocenters. The molecule has 4 heteroatoms. The minimum atomic E-state index is 0.305. The van der Waals surface area contributed by atoms with E-state index in [1.54, 1.807) is 12.1 Å². The second-order valence-corrected chi connectivity index (χ2v) is 6.45. The van der Waals surface area contributed by atoms with Gasteiger partial charge in [0.2, 0.25) is 0 Å². The van der Waals surface area contributed by atoms with Gasteiger partial charge in [-0.3, -0.25) is 4.90 Å². The summed E-state index contributed by atoms with van der Waals surface area (Å²) >= 11 is 6.19. The third kappa shape index (κ3) is 4.37. The normalized spacial score (nSPS) is 20.5. The lowest BCUT2D eigenvalue weighted by atomic mass is 9.97. The molecule has 1 heterocycles. The lowest BCUT2D eigenvalue weighted by Crippen LogP contribution is -2.40. The van der Waals surface area contributed by atoms with Crippen molar-refractivity contribution in [1.29, 1.82) is 0 Å². The van der Waals surface area contributed by atoms with Gasteiger partial charge >= 0.3 is 0 Å². The molecule has 20 heavy (non-hydrogen) atoms. The van der Waals surface area contributed by atoms with Gasteiger partial charge in [0.1, 0.15) is 5.75 Å². The molecule has 2 rings (SSSR count). The SMILES string of the molecule is CC(C)NCC1CCCN(Cc2c(O)cccc2Cl)C1. The summed E-state index contributed by atoms with van der Waals surface area (Å²) < 4.78 is 0. The maximum absolute atomic E-state index is 9.94. The van der Waals surface area contributed by atoms with E-state index in [4.69, 9.17) is 11.6 Å². The summed E-state index contributed by atoms with van der Waals surface area (Å²) in [6.45, 7) is 8.34. The van der Waals surface area contributed by atoms with E-state index in [1.165, 1.54) is 12.8 Å². The summed E-state index contributed by atoms with van der Waals surface area (Å²) in [5.74, 6) is 0.996. The molecule has 0 radical (unpaired) electrons. The molecule has 0 aliphatic carbocycles. The van der Waals surface area contributed by atoms with Crippen molar-refractivity contribution in [2.24, 2.45) is 5.92 Å². The van der Waals surface area contributed by atoms with Crippen molar-refractivity contribution >= 4 is 11.6 Å². The molecule has 112 valence electrons. The van der Waals surface area contributed by atoms with Crippen LogP contribution in [0.2, 0.25) is 5.02 Å². The Kier molecular flexibility index (Phi) is 5.70. The largest absolute Gasteiger partial charge is 0.508 e. The van der Waals surface area contributed by atoms with Crippen LogP contribution in [0.4, 0.5) is 0 Å². The van der Waals surface area contributed by atoms with E-state index < -0.39 is 0 Å². The maximum Gasteiger partial charge on any atom is 0.121 e. The maximum atomic E-state index is 9.94. The Morgan fingerprint density at radius 2 is 2.25 bits per heavy atom. The summed E-state index contributed by atoms with van der Waals surface area (Å²) in [4.78, 5) is 2.40. The number of nitrogens with zero attached hydrogens (tertiary/aromatic N) is 1. The first-order valence-corrected chi connectivity index (χ1v) is 7.86. The van der Waals surface area contributed by atoms with E-state index >= 15 is 0 Å². The lowest BCUT2D eigenvalue weighted by molar-refractivity contribution is 0.162. The van der Waals surface area contributed by atoms with Crippen LogP contribution in [0, 0.1) is 5.92 Å². The van der Waals surface area contributed by atoms with Gasteiger partial charge in [0.25, 0.3) is 0 Å². The van der Waals surface area contributed by atoms with E-state index in [0.717, 1.165) is 31.7 Å². The van der Waals surface area contributed by atoms with Crippen molar-refractivity contribution in [3.63, 3.8) is 0 Å². The van der Waals surface area contributed by atoms with Gasteiger partial charge in [-0.2, -0.15) is 0 Å². The van der Waals surface area contributed by atoms with Crippen molar-refractivity contribution in [1.82, 2.24) is 10.2 Å². The highest BCUT2D eigenvalue weighted by atomic mass is 35.5. The van der Waals surface area contributed by atoms with Crippen LogP contribution in [-0.4, -0.2) is 35.7 Å². The molecular formula is C16H25ClN2O. The van der Waals surface area contributed by atoms with Gasteiger partial charge in [-0.1, -0.05) is 31.5 Å². The minimum absolute atomic E-state index is 0.305. The average molecular weight is 297 g/mol. The number of nitrogens with one attached hydrogen (secondary N) is 1. The van der Waals surface area contributed by atoms with Crippen LogP contribution in [0.5, 0.6) is 5.75 Å². The topological polar surface area (TPSA) is 35.5 Å². The molecule has 0 bridgehead atoms. The van der Waals surface area contributed by atoms with Crippen LogP contribution in [0.1, 0.15) is 32.3 Å². The molecule has 1 aromatic carbocycles. The number of hydrogen-bond acceptors (Lipinski definition) is 3. The molecule has 0 amide bonds. The van der Waals surface area contributed by atoms with E-state index in [-0.39, 0.29) is 0 Å². The van der Waals surface area contributed by atoms with Gasteiger partial charge in [-0.15, -0.1) is 0 Å². The van der Waals surface area contributed by atoms with Gasteiger partial charge < -0.3 is 10.4 Å². The number of halogens is 1. The first-order valence-electron chi connectivity index (χ1n) is 7.48. The summed E-state index contributed by atoms with van der Waals surface area (Å²) in [7, 11) is 0. The minimum Gasteiger partial charge on any atom is -0.508 e. The molecule has 0 spiro atoms. The summed E-state index contributed by atoms with van der Waals surface area (Å²) in [5, 5.41) is 14.1. The van der Waals surface area contributed by atoms with Crippen LogP contribution >= 0.6 is 11.6 Å². The summed E-state index contributed by atoms with van der Waals surface area (Å²) in [5.41, 5.74) is 0.853. The van der Waals surface area contributed by atoms with Gasteiger partial charge in [0.15, 0.2) is 0 Å². The fraction of sp³-hybridized carbons (Fsp3) is 0.625. The smallest absolute Gasteiger partial charge is 0.121 e. The molecule has 1 aromatic rings. The number of hydrogen-bond donors (Lipinski definition) is 2. The van der Waals surface area contributed by atoms with Gasteiger partial charge in [0, 0.05) is 29.7 Å². The first-order chi connectivity index (χ1) is 9.56. The third-order valence-corrected chi connectivity index (χ3v) is 4.25. The molecule has 1 unspecified atom stereocenters. The zero-order valence-electron chi connectivity index (χ0n) is 12.4. The molecule has 1 aliphatic heterocycles. The number of likely N-dealkylation sites (tertiary alicyclic amines) is 1. The van der Waals surface area contributed by atoms with Crippen LogP contribution in [0.15, 0.2) is 18.2 Å². The average Bonchev–Trinajstić information content (AvgIpc) is 2.41. The number of phenols is 1. The summed E-state index contributed by atoms with van der Waals surface area (Å²) in [6.07, 6.45) is 2.50. The Labute approximate surface area is 126 Å². The second-order valence-electron chi connectivity index (χ2n) is 6.04. The zero-order valence-corrected chi connectivity index (χ0v) is 13.2. The van der Waals surface area contributed by atoms with Crippen molar-refractivity contribution in [2.45, 2.75) is 39.3 Å². The Morgan fingerprint density at radius 3 is 2.95 bits per heavy atom. The predicted octanol–water partition coefficient (Wildman–Crippen LogP) is 3.26. The van der Waals surface area contributed by atoms with Crippen LogP contribution in [-0.2, 0) is 6.54 Å².